The maximum Gasteiger partial charge on any atom is 0.134 e. The van der Waals surface area contributed by atoms with Gasteiger partial charge in [-0.2, -0.15) is 0 Å². The standard InChI is InChI=1S/C16H18O2/c1-17-14-9-5-6-10-15-13(14)11-16(18-15)12-7-3-2-4-8-12/h2-4,7-8,11,14H,5-6,9-10H2,1H3/t14-/m1/s1. The molecule has 94 valence electrons. The Kier molecular flexibility index (Phi) is 3.20. The van der Waals surface area contributed by atoms with E-state index in [9.17, 15) is 0 Å². The molecule has 0 bridgehead atoms. The number of rotatable bonds is 2. The molecule has 0 unspecified atom stereocenters. The van der Waals surface area contributed by atoms with Gasteiger partial charge in [0.2, 0.25) is 0 Å². The highest BCUT2D eigenvalue weighted by atomic mass is 16.5. The molecule has 0 aliphatic heterocycles. The topological polar surface area (TPSA) is 22.4 Å². The fourth-order valence-electron chi connectivity index (χ4n) is 2.67. The Hall–Kier alpha value is -1.54. The molecule has 1 aliphatic rings. The summed E-state index contributed by atoms with van der Waals surface area (Å²) < 4.78 is 11.6. The number of aryl methyl sites for hydroxylation is 1. The van der Waals surface area contributed by atoms with Crippen LogP contribution >= 0.6 is 0 Å². The minimum Gasteiger partial charge on any atom is -0.461 e. The summed E-state index contributed by atoms with van der Waals surface area (Å²) in [6.07, 6.45) is 4.72. The van der Waals surface area contributed by atoms with Crippen molar-refractivity contribution in [2.24, 2.45) is 0 Å². The van der Waals surface area contributed by atoms with Gasteiger partial charge in [-0.1, -0.05) is 36.8 Å². The SMILES string of the molecule is CO[C@@H]1CCCCc2oc(-c3ccccc3)cc21. The van der Waals surface area contributed by atoms with Gasteiger partial charge < -0.3 is 9.15 Å². The molecule has 18 heavy (non-hydrogen) atoms. The fraction of sp³-hybridized carbons (Fsp3) is 0.375. The Morgan fingerprint density at radius 2 is 2.00 bits per heavy atom. The van der Waals surface area contributed by atoms with Gasteiger partial charge in [0.25, 0.3) is 0 Å². The predicted molar refractivity (Wildman–Crippen MR) is 71.4 cm³/mol. The lowest BCUT2D eigenvalue weighted by Crippen LogP contribution is -1.99. The van der Waals surface area contributed by atoms with E-state index >= 15 is 0 Å². The first-order valence-corrected chi connectivity index (χ1v) is 6.59. The van der Waals surface area contributed by atoms with Crippen LogP contribution in [0.2, 0.25) is 0 Å². The summed E-state index contributed by atoms with van der Waals surface area (Å²) in [5.41, 5.74) is 2.38. The van der Waals surface area contributed by atoms with Crippen LogP contribution in [0.4, 0.5) is 0 Å². The van der Waals surface area contributed by atoms with Crippen LogP contribution in [0.15, 0.2) is 40.8 Å². The number of ether oxygens (including phenoxy) is 1. The van der Waals surface area contributed by atoms with E-state index in [1.807, 2.05) is 18.2 Å². The Bertz CT molecular complexity index is 513. The van der Waals surface area contributed by atoms with Crippen LogP contribution in [0.3, 0.4) is 0 Å². The smallest absolute Gasteiger partial charge is 0.134 e. The largest absolute Gasteiger partial charge is 0.461 e. The molecule has 0 radical (unpaired) electrons. The average Bonchev–Trinajstić information content (AvgIpc) is 2.75. The lowest BCUT2D eigenvalue weighted by molar-refractivity contribution is 0.0948. The highest BCUT2D eigenvalue weighted by Crippen LogP contribution is 2.36. The second-order valence-corrected chi connectivity index (χ2v) is 4.83. The molecule has 2 heteroatoms. The molecular weight excluding hydrogens is 224 g/mol. The third kappa shape index (κ3) is 2.08. The summed E-state index contributed by atoms with van der Waals surface area (Å²) >= 11 is 0. The number of benzene rings is 1. The molecule has 0 spiro atoms. The monoisotopic (exact) mass is 242 g/mol. The first kappa shape index (κ1) is 11.5. The summed E-state index contributed by atoms with van der Waals surface area (Å²) in [6.45, 7) is 0. The van der Waals surface area contributed by atoms with Gasteiger partial charge >= 0.3 is 0 Å². The normalized spacial score (nSPS) is 19.3. The molecule has 1 aliphatic carbocycles. The first-order chi connectivity index (χ1) is 8.88. The zero-order chi connectivity index (χ0) is 12.4. The van der Waals surface area contributed by atoms with Crippen molar-refractivity contribution in [1.82, 2.24) is 0 Å². The molecule has 1 aromatic heterocycles. The number of hydrogen-bond donors (Lipinski definition) is 0. The van der Waals surface area contributed by atoms with Crippen LogP contribution in [-0.4, -0.2) is 7.11 Å². The molecule has 0 saturated heterocycles. The van der Waals surface area contributed by atoms with Crippen LogP contribution in [-0.2, 0) is 11.2 Å². The van der Waals surface area contributed by atoms with Gasteiger partial charge in [-0.15, -0.1) is 0 Å². The van der Waals surface area contributed by atoms with E-state index in [-0.39, 0.29) is 6.10 Å². The molecule has 1 heterocycles. The minimum atomic E-state index is 0.198. The average molecular weight is 242 g/mol. The van der Waals surface area contributed by atoms with Crippen LogP contribution in [0.1, 0.15) is 36.7 Å². The fourth-order valence-corrected chi connectivity index (χ4v) is 2.67. The number of hydrogen-bond acceptors (Lipinski definition) is 2. The van der Waals surface area contributed by atoms with E-state index < -0.39 is 0 Å². The van der Waals surface area contributed by atoms with Gasteiger partial charge in [-0.3, -0.25) is 0 Å². The molecule has 0 saturated carbocycles. The number of furan rings is 1. The Morgan fingerprint density at radius 3 is 2.78 bits per heavy atom. The lowest BCUT2D eigenvalue weighted by Gasteiger charge is -2.11. The van der Waals surface area contributed by atoms with Crippen LogP contribution in [0.25, 0.3) is 11.3 Å². The second-order valence-electron chi connectivity index (χ2n) is 4.83. The summed E-state index contributed by atoms with van der Waals surface area (Å²) in [4.78, 5) is 0. The highest BCUT2D eigenvalue weighted by Gasteiger charge is 2.22. The Labute approximate surface area is 108 Å². The zero-order valence-electron chi connectivity index (χ0n) is 10.7. The third-order valence-electron chi connectivity index (χ3n) is 3.65. The third-order valence-corrected chi connectivity index (χ3v) is 3.65. The summed E-state index contributed by atoms with van der Waals surface area (Å²) in [5.74, 6) is 2.07. The second kappa shape index (κ2) is 4.99. The van der Waals surface area contributed by atoms with Crippen LogP contribution < -0.4 is 0 Å². The molecular formula is C16H18O2. The van der Waals surface area contributed by atoms with E-state index in [1.54, 1.807) is 7.11 Å². The molecule has 2 aromatic rings. The van der Waals surface area contributed by atoms with Gasteiger partial charge in [-0.05, 0) is 18.9 Å². The zero-order valence-corrected chi connectivity index (χ0v) is 10.7. The van der Waals surface area contributed by atoms with Crippen molar-refractivity contribution in [3.05, 3.63) is 47.7 Å². The van der Waals surface area contributed by atoms with Crippen molar-refractivity contribution < 1.29 is 9.15 Å². The Balaban J connectivity index is 2.01. The van der Waals surface area contributed by atoms with Crippen molar-refractivity contribution in [1.29, 1.82) is 0 Å². The first-order valence-electron chi connectivity index (χ1n) is 6.59. The predicted octanol–water partition coefficient (Wildman–Crippen LogP) is 4.36. The van der Waals surface area contributed by atoms with Gasteiger partial charge in [-0.25, -0.2) is 0 Å². The summed E-state index contributed by atoms with van der Waals surface area (Å²) in [6, 6.07) is 12.4. The molecule has 0 N–H and O–H groups in total. The maximum atomic E-state index is 6.02. The molecule has 3 rings (SSSR count). The highest BCUT2D eigenvalue weighted by molar-refractivity contribution is 5.59. The van der Waals surface area contributed by atoms with Crippen molar-refractivity contribution >= 4 is 0 Å². The number of fused-ring (bicyclic) bond motifs is 1. The minimum absolute atomic E-state index is 0.198. The van der Waals surface area contributed by atoms with Crippen molar-refractivity contribution in [2.45, 2.75) is 31.8 Å². The van der Waals surface area contributed by atoms with Gasteiger partial charge in [0, 0.05) is 24.7 Å². The molecule has 1 atom stereocenters. The Morgan fingerprint density at radius 1 is 1.17 bits per heavy atom. The maximum absolute atomic E-state index is 6.02. The van der Waals surface area contributed by atoms with E-state index in [0.717, 1.165) is 29.9 Å². The quantitative estimate of drug-likeness (QED) is 0.730. The van der Waals surface area contributed by atoms with Crippen LogP contribution in [0, 0.1) is 0 Å². The lowest BCUT2D eigenvalue weighted by atomic mass is 10.1. The van der Waals surface area contributed by atoms with E-state index in [2.05, 4.69) is 18.2 Å². The molecule has 1 aromatic carbocycles. The molecule has 0 fully saturated rings. The van der Waals surface area contributed by atoms with Gasteiger partial charge in [0.05, 0.1) is 6.10 Å². The van der Waals surface area contributed by atoms with E-state index in [1.165, 1.54) is 18.4 Å². The van der Waals surface area contributed by atoms with E-state index in [0.29, 0.717) is 0 Å². The van der Waals surface area contributed by atoms with Crippen LogP contribution in [0.5, 0.6) is 0 Å². The van der Waals surface area contributed by atoms with Crippen molar-refractivity contribution in [2.75, 3.05) is 7.11 Å². The molecule has 2 nitrogen and oxygen atoms in total. The molecule has 0 amide bonds. The van der Waals surface area contributed by atoms with Gasteiger partial charge in [0.1, 0.15) is 11.5 Å². The van der Waals surface area contributed by atoms with Gasteiger partial charge in [0.15, 0.2) is 0 Å². The van der Waals surface area contributed by atoms with Crippen molar-refractivity contribution in [3.8, 4) is 11.3 Å². The summed E-state index contributed by atoms with van der Waals surface area (Å²) in [5, 5.41) is 0. The van der Waals surface area contributed by atoms with Crippen molar-refractivity contribution in [3.63, 3.8) is 0 Å². The summed E-state index contributed by atoms with van der Waals surface area (Å²) in [7, 11) is 1.79. The van der Waals surface area contributed by atoms with E-state index in [4.69, 9.17) is 9.15 Å². The number of methoxy groups -OCH3 is 1.